The van der Waals surface area contributed by atoms with E-state index in [4.69, 9.17) is 0 Å². The summed E-state index contributed by atoms with van der Waals surface area (Å²) in [5, 5.41) is 9.34. The maximum Gasteiger partial charge on any atom is 0.115 e. The molecule has 0 spiro atoms. The van der Waals surface area contributed by atoms with Crippen LogP contribution < -0.4 is 0 Å². The molecule has 1 N–H and O–H groups in total. The zero-order valence-corrected chi connectivity index (χ0v) is 11.6. The van der Waals surface area contributed by atoms with E-state index in [1.54, 1.807) is 12.1 Å². The minimum atomic E-state index is 0.343. The second-order valence-corrected chi connectivity index (χ2v) is 5.24. The Kier molecular flexibility index (Phi) is 4.25. The van der Waals surface area contributed by atoms with Gasteiger partial charge in [-0.05, 0) is 38.1 Å². The quantitative estimate of drug-likeness (QED) is 0.890. The van der Waals surface area contributed by atoms with Crippen LogP contribution in [0.4, 0.5) is 0 Å². The molecule has 2 rings (SSSR count). The van der Waals surface area contributed by atoms with Crippen LogP contribution in [0, 0.1) is 0 Å². The molecule has 1 heterocycles. The molecule has 0 saturated carbocycles. The maximum absolute atomic E-state index is 9.34. The van der Waals surface area contributed by atoms with Crippen molar-refractivity contribution in [1.82, 2.24) is 9.80 Å². The van der Waals surface area contributed by atoms with E-state index in [9.17, 15) is 5.11 Å². The van der Waals surface area contributed by atoms with E-state index in [0.29, 0.717) is 17.8 Å². The lowest BCUT2D eigenvalue weighted by Crippen LogP contribution is -2.52. The first kappa shape index (κ1) is 13.4. The number of benzene rings is 1. The summed E-state index contributed by atoms with van der Waals surface area (Å²) >= 11 is 0. The highest BCUT2D eigenvalue weighted by molar-refractivity contribution is 5.27. The first-order valence-corrected chi connectivity index (χ1v) is 6.89. The smallest absolute Gasteiger partial charge is 0.115 e. The van der Waals surface area contributed by atoms with Crippen LogP contribution in [-0.4, -0.2) is 47.1 Å². The molecule has 0 aromatic heterocycles. The predicted molar refractivity (Wildman–Crippen MR) is 74.8 cm³/mol. The summed E-state index contributed by atoms with van der Waals surface area (Å²) < 4.78 is 0. The first-order valence-electron chi connectivity index (χ1n) is 6.89. The van der Waals surface area contributed by atoms with Gasteiger partial charge in [0, 0.05) is 31.7 Å². The summed E-state index contributed by atoms with van der Waals surface area (Å²) in [5.74, 6) is 0.343. The SMILES string of the molecule is CCN1CCN(C(C)c2ccc(O)cc2)CC1C. The fourth-order valence-corrected chi connectivity index (χ4v) is 2.81. The van der Waals surface area contributed by atoms with Crippen molar-refractivity contribution in [3.63, 3.8) is 0 Å². The van der Waals surface area contributed by atoms with Crippen molar-refractivity contribution in [2.45, 2.75) is 32.9 Å². The standard InChI is InChI=1S/C15H24N2O/c1-4-16-9-10-17(11-12(16)2)13(3)14-5-7-15(18)8-6-14/h5-8,12-13,18H,4,9-11H2,1-3H3. The second kappa shape index (κ2) is 5.72. The fraction of sp³-hybridized carbons (Fsp3) is 0.600. The molecule has 100 valence electrons. The lowest BCUT2D eigenvalue weighted by Gasteiger charge is -2.42. The van der Waals surface area contributed by atoms with Gasteiger partial charge in [0.1, 0.15) is 5.75 Å². The first-order chi connectivity index (χ1) is 8.61. The average molecular weight is 248 g/mol. The molecule has 0 bridgehead atoms. The molecule has 18 heavy (non-hydrogen) atoms. The topological polar surface area (TPSA) is 26.7 Å². The third-order valence-electron chi connectivity index (χ3n) is 4.13. The number of rotatable bonds is 3. The minimum absolute atomic E-state index is 0.343. The molecule has 0 radical (unpaired) electrons. The van der Waals surface area contributed by atoms with Crippen molar-refractivity contribution >= 4 is 0 Å². The number of hydrogen-bond acceptors (Lipinski definition) is 3. The highest BCUT2D eigenvalue weighted by Crippen LogP contribution is 2.24. The van der Waals surface area contributed by atoms with E-state index in [1.807, 2.05) is 12.1 Å². The van der Waals surface area contributed by atoms with Gasteiger partial charge in [-0.2, -0.15) is 0 Å². The molecular weight excluding hydrogens is 224 g/mol. The zero-order valence-electron chi connectivity index (χ0n) is 11.6. The normalized spacial score (nSPS) is 24.1. The Labute approximate surface area is 110 Å². The molecular formula is C15H24N2O. The Balaban J connectivity index is 2.02. The highest BCUT2D eigenvalue weighted by Gasteiger charge is 2.25. The van der Waals surface area contributed by atoms with Crippen molar-refractivity contribution in [2.24, 2.45) is 0 Å². The van der Waals surface area contributed by atoms with Gasteiger partial charge in [-0.3, -0.25) is 9.80 Å². The minimum Gasteiger partial charge on any atom is -0.508 e. The van der Waals surface area contributed by atoms with Crippen LogP contribution in [0.2, 0.25) is 0 Å². The molecule has 3 heteroatoms. The Morgan fingerprint density at radius 3 is 2.50 bits per heavy atom. The lowest BCUT2D eigenvalue weighted by atomic mass is 10.0. The van der Waals surface area contributed by atoms with Crippen molar-refractivity contribution in [3.05, 3.63) is 29.8 Å². The van der Waals surface area contributed by atoms with Crippen molar-refractivity contribution in [1.29, 1.82) is 0 Å². The van der Waals surface area contributed by atoms with Crippen molar-refractivity contribution in [3.8, 4) is 5.75 Å². The molecule has 0 amide bonds. The summed E-state index contributed by atoms with van der Waals surface area (Å²) in [6, 6.07) is 8.65. The van der Waals surface area contributed by atoms with Gasteiger partial charge in [0.05, 0.1) is 0 Å². The van der Waals surface area contributed by atoms with Crippen LogP contribution >= 0.6 is 0 Å². The Bertz CT molecular complexity index is 377. The molecule has 1 aromatic carbocycles. The molecule has 2 atom stereocenters. The second-order valence-electron chi connectivity index (χ2n) is 5.24. The Hall–Kier alpha value is -1.06. The van der Waals surface area contributed by atoms with Crippen LogP contribution in [0.25, 0.3) is 0 Å². The Morgan fingerprint density at radius 1 is 1.28 bits per heavy atom. The monoisotopic (exact) mass is 248 g/mol. The van der Waals surface area contributed by atoms with E-state index in [-0.39, 0.29) is 0 Å². The molecule has 1 saturated heterocycles. The molecule has 3 nitrogen and oxygen atoms in total. The Morgan fingerprint density at radius 2 is 1.94 bits per heavy atom. The summed E-state index contributed by atoms with van der Waals surface area (Å²) in [6.07, 6.45) is 0. The van der Waals surface area contributed by atoms with Gasteiger partial charge >= 0.3 is 0 Å². The van der Waals surface area contributed by atoms with Gasteiger partial charge in [-0.25, -0.2) is 0 Å². The third kappa shape index (κ3) is 2.85. The average Bonchev–Trinajstić information content (AvgIpc) is 2.38. The van der Waals surface area contributed by atoms with Gasteiger partial charge in [-0.15, -0.1) is 0 Å². The number of aromatic hydroxyl groups is 1. The van der Waals surface area contributed by atoms with E-state index < -0.39 is 0 Å². The lowest BCUT2D eigenvalue weighted by molar-refractivity contribution is 0.0635. The maximum atomic E-state index is 9.34. The van der Waals surface area contributed by atoms with Crippen LogP contribution in [0.15, 0.2) is 24.3 Å². The van der Waals surface area contributed by atoms with Crippen molar-refractivity contribution < 1.29 is 5.11 Å². The molecule has 1 aliphatic rings. The predicted octanol–water partition coefficient (Wildman–Crippen LogP) is 2.48. The van der Waals surface area contributed by atoms with Gasteiger partial charge < -0.3 is 5.11 Å². The van der Waals surface area contributed by atoms with E-state index in [0.717, 1.165) is 26.2 Å². The molecule has 2 unspecified atom stereocenters. The summed E-state index contributed by atoms with van der Waals surface area (Å²) in [4.78, 5) is 5.06. The number of phenolic OH excluding ortho intramolecular Hbond substituents is 1. The molecule has 0 aliphatic carbocycles. The fourth-order valence-electron chi connectivity index (χ4n) is 2.81. The summed E-state index contributed by atoms with van der Waals surface area (Å²) in [5.41, 5.74) is 1.28. The third-order valence-corrected chi connectivity index (χ3v) is 4.13. The van der Waals surface area contributed by atoms with Crippen LogP contribution in [-0.2, 0) is 0 Å². The van der Waals surface area contributed by atoms with Crippen LogP contribution in [0.5, 0.6) is 5.75 Å². The highest BCUT2D eigenvalue weighted by atomic mass is 16.3. The number of likely N-dealkylation sites (N-methyl/N-ethyl adjacent to an activating group) is 1. The number of nitrogens with zero attached hydrogens (tertiary/aromatic N) is 2. The van der Waals surface area contributed by atoms with Gasteiger partial charge in [0.2, 0.25) is 0 Å². The van der Waals surface area contributed by atoms with Crippen LogP contribution in [0.3, 0.4) is 0 Å². The van der Waals surface area contributed by atoms with E-state index in [1.165, 1.54) is 5.56 Å². The van der Waals surface area contributed by atoms with Gasteiger partial charge in [0.25, 0.3) is 0 Å². The van der Waals surface area contributed by atoms with Crippen molar-refractivity contribution in [2.75, 3.05) is 26.2 Å². The largest absolute Gasteiger partial charge is 0.508 e. The van der Waals surface area contributed by atoms with Gasteiger partial charge in [0.15, 0.2) is 0 Å². The molecule has 1 aliphatic heterocycles. The number of piperazine rings is 1. The molecule has 1 fully saturated rings. The summed E-state index contributed by atoms with van der Waals surface area (Å²) in [6.45, 7) is 11.3. The van der Waals surface area contributed by atoms with Crippen LogP contribution in [0.1, 0.15) is 32.4 Å². The zero-order chi connectivity index (χ0) is 13.1. The number of hydrogen-bond donors (Lipinski definition) is 1. The number of phenols is 1. The van der Waals surface area contributed by atoms with Gasteiger partial charge in [-0.1, -0.05) is 19.1 Å². The van der Waals surface area contributed by atoms with E-state index >= 15 is 0 Å². The molecule has 1 aromatic rings. The van der Waals surface area contributed by atoms with E-state index in [2.05, 4.69) is 30.6 Å². The summed E-state index contributed by atoms with van der Waals surface area (Å²) in [7, 11) is 0.